The number of benzene rings is 1. The van der Waals surface area contributed by atoms with Gasteiger partial charge in [-0.2, -0.15) is 0 Å². The van der Waals surface area contributed by atoms with Gasteiger partial charge in [-0.1, -0.05) is 30.3 Å². The Bertz CT molecular complexity index is 377. The highest BCUT2D eigenvalue weighted by Crippen LogP contribution is 2.17. The second-order valence-corrected chi connectivity index (χ2v) is 4.82. The summed E-state index contributed by atoms with van der Waals surface area (Å²) in [5.41, 5.74) is 7.13. The number of carbonyl (C=O) groups excluding carboxylic acids is 1. The standard InChI is InChI=1S/C14H20N2O/c1-11-6-5-9-16(11)14(17)13(15)10-12-7-3-2-4-8-12/h2-4,7-8,11,13H,5-6,9-10,15H2,1H3/t11?,13-/m1/s1. The summed E-state index contributed by atoms with van der Waals surface area (Å²) in [5.74, 6) is 0.0962. The van der Waals surface area contributed by atoms with Gasteiger partial charge in [-0.05, 0) is 31.7 Å². The third-order valence-corrected chi connectivity index (χ3v) is 3.45. The van der Waals surface area contributed by atoms with Crippen molar-refractivity contribution in [1.29, 1.82) is 0 Å². The van der Waals surface area contributed by atoms with Crippen LogP contribution in [0.3, 0.4) is 0 Å². The molecule has 1 saturated heterocycles. The van der Waals surface area contributed by atoms with Crippen molar-refractivity contribution in [1.82, 2.24) is 4.90 Å². The normalized spacial score (nSPS) is 21.5. The van der Waals surface area contributed by atoms with Gasteiger partial charge in [0, 0.05) is 12.6 Å². The zero-order valence-corrected chi connectivity index (χ0v) is 10.3. The van der Waals surface area contributed by atoms with Gasteiger partial charge < -0.3 is 10.6 Å². The van der Waals surface area contributed by atoms with E-state index in [1.54, 1.807) is 0 Å². The molecule has 1 aromatic rings. The first-order valence-corrected chi connectivity index (χ1v) is 6.28. The Kier molecular flexibility index (Phi) is 3.79. The Morgan fingerprint density at radius 2 is 2.18 bits per heavy atom. The van der Waals surface area contributed by atoms with Crippen LogP contribution in [0.5, 0.6) is 0 Å². The van der Waals surface area contributed by atoms with Crippen LogP contribution in [0.1, 0.15) is 25.3 Å². The molecular weight excluding hydrogens is 212 g/mol. The minimum absolute atomic E-state index is 0.0962. The minimum Gasteiger partial charge on any atom is -0.339 e. The SMILES string of the molecule is CC1CCCN1C(=O)[C@H](N)Cc1ccccc1. The lowest BCUT2D eigenvalue weighted by Crippen LogP contribution is -2.46. The van der Waals surface area contributed by atoms with Crippen molar-refractivity contribution in [2.45, 2.75) is 38.3 Å². The van der Waals surface area contributed by atoms with Gasteiger partial charge in [0.25, 0.3) is 0 Å². The lowest BCUT2D eigenvalue weighted by Gasteiger charge is -2.24. The summed E-state index contributed by atoms with van der Waals surface area (Å²) in [6, 6.07) is 9.90. The molecule has 3 heteroatoms. The Morgan fingerprint density at radius 1 is 1.47 bits per heavy atom. The number of nitrogens with zero attached hydrogens (tertiary/aromatic N) is 1. The van der Waals surface area contributed by atoms with Crippen molar-refractivity contribution in [3.8, 4) is 0 Å². The molecule has 1 aliphatic rings. The molecule has 0 radical (unpaired) electrons. The van der Waals surface area contributed by atoms with Gasteiger partial charge in [-0.15, -0.1) is 0 Å². The number of hydrogen-bond acceptors (Lipinski definition) is 2. The van der Waals surface area contributed by atoms with Crippen LogP contribution in [0.2, 0.25) is 0 Å². The molecule has 1 heterocycles. The largest absolute Gasteiger partial charge is 0.339 e. The van der Waals surface area contributed by atoms with Gasteiger partial charge in [0.15, 0.2) is 0 Å². The molecule has 92 valence electrons. The van der Waals surface area contributed by atoms with Crippen molar-refractivity contribution in [3.63, 3.8) is 0 Å². The van der Waals surface area contributed by atoms with E-state index < -0.39 is 6.04 Å². The molecule has 1 unspecified atom stereocenters. The highest BCUT2D eigenvalue weighted by molar-refractivity contribution is 5.82. The van der Waals surface area contributed by atoms with E-state index in [4.69, 9.17) is 5.73 Å². The molecular formula is C14H20N2O. The third-order valence-electron chi connectivity index (χ3n) is 3.45. The molecule has 0 aliphatic carbocycles. The molecule has 2 atom stereocenters. The smallest absolute Gasteiger partial charge is 0.240 e. The van der Waals surface area contributed by atoms with Gasteiger partial charge in [0.1, 0.15) is 0 Å². The molecule has 2 rings (SSSR count). The predicted octanol–water partition coefficient (Wildman–Crippen LogP) is 1.57. The van der Waals surface area contributed by atoms with Crippen LogP contribution in [0.15, 0.2) is 30.3 Å². The van der Waals surface area contributed by atoms with Crippen LogP contribution in [0.25, 0.3) is 0 Å². The maximum atomic E-state index is 12.2. The fourth-order valence-electron chi connectivity index (χ4n) is 2.43. The molecule has 1 aliphatic heterocycles. The quantitative estimate of drug-likeness (QED) is 0.859. The van der Waals surface area contributed by atoms with Crippen LogP contribution < -0.4 is 5.73 Å². The van der Waals surface area contributed by atoms with E-state index in [0.29, 0.717) is 12.5 Å². The third kappa shape index (κ3) is 2.86. The summed E-state index contributed by atoms with van der Waals surface area (Å²) in [7, 11) is 0. The first-order valence-electron chi connectivity index (χ1n) is 6.28. The molecule has 0 saturated carbocycles. The first-order chi connectivity index (χ1) is 8.18. The van der Waals surface area contributed by atoms with Crippen molar-refractivity contribution in [2.24, 2.45) is 5.73 Å². The van der Waals surface area contributed by atoms with Crippen LogP contribution in [0.4, 0.5) is 0 Å². The van der Waals surface area contributed by atoms with Crippen molar-refractivity contribution < 1.29 is 4.79 Å². The van der Waals surface area contributed by atoms with Crippen LogP contribution in [0, 0.1) is 0 Å². The van der Waals surface area contributed by atoms with Crippen LogP contribution in [-0.4, -0.2) is 29.4 Å². The summed E-state index contributed by atoms with van der Waals surface area (Å²) in [6.07, 6.45) is 2.83. The van der Waals surface area contributed by atoms with Gasteiger partial charge in [-0.25, -0.2) is 0 Å². The van der Waals surface area contributed by atoms with Crippen molar-refractivity contribution >= 4 is 5.91 Å². The Balaban J connectivity index is 1.96. The molecule has 0 bridgehead atoms. The second kappa shape index (κ2) is 5.32. The molecule has 17 heavy (non-hydrogen) atoms. The highest BCUT2D eigenvalue weighted by atomic mass is 16.2. The van der Waals surface area contributed by atoms with Gasteiger partial charge in [-0.3, -0.25) is 4.79 Å². The van der Waals surface area contributed by atoms with Crippen molar-refractivity contribution in [3.05, 3.63) is 35.9 Å². The van der Waals surface area contributed by atoms with E-state index in [0.717, 1.165) is 24.9 Å². The number of amides is 1. The monoisotopic (exact) mass is 232 g/mol. The predicted molar refractivity (Wildman–Crippen MR) is 68.5 cm³/mol. The Hall–Kier alpha value is -1.35. The fraction of sp³-hybridized carbons (Fsp3) is 0.500. The number of nitrogens with two attached hydrogens (primary N) is 1. The molecule has 0 spiro atoms. The summed E-state index contributed by atoms with van der Waals surface area (Å²) in [4.78, 5) is 14.1. The molecule has 1 fully saturated rings. The first kappa shape index (κ1) is 12.1. The van der Waals surface area contributed by atoms with E-state index in [1.165, 1.54) is 0 Å². The number of carbonyl (C=O) groups is 1. The van der Waals surface area contributed by atoms with Gasteiger partial charge in [0.2, 0.25) is 5.91 Å². The average molecular weight is 232 g/mol. The highest BCUT2D eigenvalue weighted by Gasteiger charge is 2.28. The zero-order chi connectivity index (χ0) is 12.3. The minimum atomic E-state index is -0.405. The fourth-order valence-corrected chi connectivity index (χ4v) is 2.43. The molecule has 2 N–H and O–H groups in total. The number of hydrogen-bond donors (Lipinski definition) is 1. The molecule has 3 nitrogen and oxygen atoms in total. The maximum absolute atomic E-state index is 12.2. The topological polar surface area (TPSA) is 46.3 Å². The molecule has 1 aromatic carbocycles. The molecule has 1 amide bonds. The summed E-state index contributed by atoms with van der Waals surface area (Å²) < 4.78 is 0. The Morgan fingerprint density at radius 3 is 2.76 bits per heavy atom. The summed E-state index contributed by atoms with van der Waals surface area (Å²) >= 11 is 0. The van der Waals surface area contributed by atoms with E-state index in [-0.39, 0.29) is 5.91 Å². The summed E-state index contributed by atoms with van der Waals surface area (Å²) in [6.45, 7) is 2.96. The maximum Gasteiger partial charge on any atom is 0.240 e. The number of rotatable bonds is 3. The van der Waals surface area contributed by atoms with E-state index in [9.17, 15) is 4.79 Å². The second-order valence-electron chi connectivity index (χ2n) is 4.82. The van der Waals surface area contributed by atoms with Crippen LogP contribution >= 0.6 is 0 Å². The van der Waals surface area contributed by atoms with E-state index in [1.807, 2.05) is 35.2 Å². The van der Waals surface area contributed by atoms with E-state index in [2.05, 4.69) is 6.92 Å². The average Bonchev–Trinajstić information content (AvgIpc) is 2.76. The summed E-state index contributed by atoms with van der Waals surface area (Å²) in [5, 5.41) is 0. The number of likely N-dealkylation sites (tertiary alicyclic amines) is 1. The Labute approximate surface area is 103 Å². The van der Waals surface area contributed by atoms with Gasteiger partial charge >= 0.3 is 0 Å². The zero-order valence-electron chi connectivity index (χ0n) is 10.3. The lowest BCUT2D eigenvalue weighted by atomic mass is 10.1. The van der Waals surface area contributed by atoms with Gasteiger partial charge in [0.05, 0.1) is 6.04 Å². The lowest BCUT2D eigenvalue weighted by molar-refractivity contribution is -0.133. The van der Waals surface area contributed by atoms with Crippen molar-refractivity contribution in [2.75, 3.05) is 6.54 Å². The molecule has 0 aromatic heterocycles. The van der Waals surface area contributed by atoms with Crippen LogP contribution in [-0.2, 0) is 11.2 Å². The van der Waals surface area contributed by atoms with E-state index >= 15 is 0 Å².